The molecule has 1 aliphatic heterocycles. The fraction of sp³-hybridized carbons (Fsp3) is 0.824. The van der Waals surface area contributed by atoms with E-state index in [0.29, 0.717) is 32.7 Å². The first-order valence-electron chi connectivity index (χ1n) is 8.71. The average molecular weight is 340 g/mol. The van der Waals surface area contributed by atoms with Gasteiger partial charge in [-0.25, -0.2) is 0 Å². The van der Waals surface area contributed by atoms with E-state index in [1.165, 1.54) is 0 Å². The predicted molar refractivity (Wildman–Crippen MR) is 93.4 cm³/mol. The van der Waals surface area contributed by atoms with Crippen molar-refractivity contribution in [3.05, 3.63) is 0 Å². The summed E-state index contributed by atoms with van der Waals surface area (Å²) >= 11 is 0. The Morgan fingerprint density at radius 1 is 1.08 bits per heavy atom. The number of nitrogens with zero attached hydrogens (tertiary/aromatic N) is 2. The van der Waals surface area contributed by atoms with E-state index in [2.05, 4.69) is 15.5 Å². The molecule has 1 heterocycles. The molecule has 24 heavy (non-hydrogen) atoms. The molecule has 0 aromatic carbocycles. The molecule has 0 radical (unpaired) electrons. The normalized spacial score (nSPS) is 17.3. The van der Waals surface area contributed by atoms with Crippen molar-refractivity contribution in [2.45, 2.75) is 47.1 Å². The van der Waals surface area contributed by atoms with Crippen LogP contribution in [0, 0.1) is 5.41 Å². The van der Waals surface area contributed by atoms with Crippen LogP contribution in [0.5, 0.6) is 0 Å². The first-order chi connectivity index (χ1) is 11.1. The van der Waals surface area contributed by atoms with E-state index in [1.54, 1.807) is 4.90 Å². The Morgan fingerprint density at radius 3 is 2.17 bits per heavy atom. The lowest BCUT2D eigenvalue weighted by atomic mass is 9.96. The molecule has 7 heteroatoms. The predicted octanol–water partition coefficient (Wildman–Crippen LogP) is 0.208. The van der Waals surface area contributed by atoms with Crippen LogP contribution in [0.25, 0.3) is 0 Å². The molecule has 0 saturated carbocycles. The molecule has 0 spiro atoms. The van der Waals surface area contributed by atoms with Gasteiger partial charge in [0, 0.05) is 37.6 Å². The van der Waals surface area contributed by atoms with Gasteiger partial charge in [0.2, 0.25) is 17.7 Å². The van der Waals surface area contributed by atoms with Crippen molar-refractivity contribution >= 4 is 17.7 Å². The van der Waals surface area contributed by atoms with E-state index in [-0.39, 0.29) is 30.3 Å². The second-order valence-electron chi connectivity index (χ2n) is 7.47. The van der Waals surface area contributed by atoms with Gasteiger partial charge in [0.25, 0.3) is 0 Å². The second kappa shape index (κ2) is 9.01. The highest BCUT2D eigenvalue weighted by molar-refractivity contribution is 5.87. The maximum Gasteiger partial charge on any atom is 0.242 e. The molecule has 2 N–H and O–H groups in total. The highest BCUT2D eigenvalue weighted by atomic mass is 16.2. The Hall–Kier alpha value is -1.63. The number of nitrogens with one attached hydrogen (secondary N) is 2. The smallest absolute Gasteiger partial charge is 0.242 e. The topological polar surface area (TPSA) is 81.8 Å². The standard InChI is InChI=1S/C17H32N4O3/c1-6-13(2)19-14(22)12-20-7-9-21(10-8-20)15(23)11-18-16(24)17(3,4)5/h13H,6-12H2,1-5H3,(H,18,24)(H,19,22). The van der Waals surface area contributed by atoms with Gasteiger partial charge in [-0.3, -0.25) is 19.3 Å². The van der Waals surface area contributed by atoms with E-state index >= 15 is 0 Å². The van der Waals surface area contributed by atoms with Gasteiger partial charge in [-0.1, -0.05) is 27.7 Å². The van der Waals surface area contributed by atoms with Gasteiger partial charge in [0.15, 0.2) is 0 Å². The van der Waals surface area contributed by atoms with Crippen molar-refractivity contribution < 1.29 is 14.4 Å². The van der Waals surface area contributed by atoms with Crippen LogP contribution >= 0.6 is 0 Å². The lowest BCUT2D eigenvalue weighted by Gasteiger charge is -2.34. The van der Waals surface area contributed by atoms with Crippen LogP contribution < -0.4 is 10.6 Å². The van der Waals surface area contributed by atoms with Gasteiger partial charge >= 0.3 is 0 Å². The highest BCUT2D eigenvalue weighted by Crippen LogP contribution is 2.12. The molecule has 0 aliphatic carbocycles. The molecule has 1 atom stereocenters. The maximum atomic E-state index is 12.2. The molecule has 1 rings (SSSR count). The van der Waals surface area contributed by atoms with Crippen LogP contribution in [-0.4, -0.2) is 72.8 Å². The van der Waals surface area contributed by atoms with Crippen molar-refractivity contribution in [1.82, 2.24) is 20.4 Å². The average Bonchev–Trinajstić information content (AvgIpc) is 2.51. The maximum absolute atomic E-state index is 12.2. The molecule has 0 aromatic rings. The zero-order valence-corrected chi connectivity index (χ0v) is 15.6. The molecular weight excluding hydrogens is 308 g/mol. The minimum Gasteiger partial charge on any atom is -0.353 e. The summed E-state index contributed by atoms with van der Waals surface area (Å²) in [7, 11) is 0. The molecule has 7 nitrogen and oxygen atoms in total. The molecule has 1 saturated heterocycles. The zero-order valence-electron chi connectivity index (χ0n) is 15.6. The number of piperazine rings is 1. The van der Waals surface area contributed by atoms with Crippen molar-refractivity contribution in [3.63, 3.8) is 0 Å². The molecule has 1 unspecified atom stereocenters. The Kier molecular flexibility index (Phi) is 7.66. The summed E-state index contributed by atoms with van der Waals surface area (Å²) in [4.78, 5) is 39.6. The minimum atomic E-state index is -0.498. The Morgan fingerprint density at radius 2 is 1.67 bits per heavy atom. The quantitative estimate of drug-likeness (QED) is 0.724. The first kappa shape index (κ1) is 20.4. The Labute approximate surface area is 145 Å². The summed E-state index contributed by atoms with van der Waals surface area (Å²) in [5, 5.41) is 5.63. The summed E-state index contributed by atoms with van der Waals surface area (Å²) in [6, 6.07) is 0.187. The third kappa shape index (κ3) is 6.86. The van der Waals surface area contributed by atoms with Crippen molar-refractivity contribution in [2.75, 3.05) is 39.3 Å². The third-order valence-corrected chi connectivity index (χ3v) is 4.19. The lowest BCUT2D eigenvalue weighted by Crippen LogP contribution is -2.53. The van der Waals surface area contributed by atoms with Crippen molar-refractivity contribution in [3.8, 4) is 0 Å². The van der Waals surface area contributed by atoms with Crippen LogP contribution in [0.4, 0.5) is 0 Å². The number of carbonyl (C=O) groups is 3. The van der Waals surface area contributed by atoms with Gasteiger partial charge in [0.1, 0.15) is 0 Å². The van der Waals surface area contributed by atoms with Gasteiger partial charge < -0.3 is 15.5 Å². The Balaban J connectivity index is 2.31. The van der Waals surface area contributed by atoms with E-state index in [0.717, 1.165) is 6.42 Å². The zero-order chi connectivity index (χ0) is 18.3. The van der Waals surface area contributed by atoms with E-state index in [1.807, 2.05) is 34.6 Å². The van der Waals surface area contributed by atoms with E-state index in [9.17, 15) is 14.4 Å². The molecule has 3 amide bonds. The SMILES string of the molecule is CCC(C)NC(=O)CN1CCN(C(=O)CNC(=O)C(C)(C)C)CC1. The minimum absolute atomic E-state index is 0.0292. The molecule has 1 fully saturated rings. The van der Waals surface area contributed by atoms with Crippen LogP contribution in [0.3, 0.4) is 0 Å². The van der Waals surface area contributed by atoms with E-state index < -0.39 is 5.41 Å². The van der Waals surface area contributed by atoms with Gasteiger partial charge in [-0.2, -0.15) is 0 Å². The van der Waals surface area contributed by atoms with Crippen LogP contribution in [-0.2, 0) is 14.4 Å². The number of amides is 3. The van der Waals surface area contributed by atoms with Gasteiger partial charge in [-0.05, 0) is 13.3 Å². The highest BCUT2D eigenvalue weighted by Gasteiger charge is 2.25. The summed E-state index contributed by atoms with van der Waals surface area (Å²) in [6.07, 6.45) is 0.911. The number of rotatable bonds is 6. The Bertz CT molecular complexity index is 451. The summed E-state index contributed by atoms with van der Waals surface area (Å²) in [5.41, 5.74) is -0.498. The lowest BCUT2D eigenvalue weighted by molar-refractivity contribution is -0.136. The second-order valence-corrected chi connectivity index (χ2v) is 7.47. The fourth-order valence-corrected chi connectivity index (χ4v) is 2.31. The molecule has 138 valence electrons. The van der Waals surface area contributed by atoms with E-state index in [4.69, 9.17) is 0 Å². The molecular formula is C17H32N4O3. The monoisotopic (exact) mass is 340 g/mol. The molecule has 0 bridgehead atoms. The number of hydrogen-bond donors (Lipinski definition) is 2. The fourth-order valence-electron chi connectivity index (χ4n) is 2.31. The molecule has 1 aliphatic rings. The number of carbonyl (C=O) groups excluding carboxylic acids is 3. The van der Waals surface area contributed by atoms with Gasteiger partial charge in [-0.15, -0.1) is 0 Å². The van der Waals surface area contributed by atoms with Crippen LogP contribution in [0.15, 0.2) is 0 Å². The summed E-state index contributed by atoms with van der Waals surface area (Å²) in [6.45, 7) is 12.4. The third-order valence-electron chi connectivity index (χ3n) is 4.19. The first-order valence-corrected chi connectivity index (χ1v) is 8.71. The van der Waals surface area contributed by atoms with Crippen molar-refractivity contribution in [2.24, 2.45) is 5.41 Å². The summed E-state index contributed by atoms with van der Waals surface area (Å²) in [5.74, 6) is -0.172. The van der Waals surface area contributed by atoms with Crippen molar-refractivity contribution in [1.29, 1.82) is 0 Å². The van der Waals surface area contributed by atoms with Crippen LogP contribution in [0.1, 0.15) is 41.0 Å². The van der Waals surface area contributed by atoms with Crippen LogP contribution in [0.2, 0.25) is 0 Å². The molecule has 0 aromatic heterocycles. The largest absolute Gasteiger partial charge is 0.353 e. The summed E-state index contributed by atoms with van der Waals surface area (Å²) < 4.78 is 0. The number of hydrogen-bond acceptors (Lipinski definition) is 4. The van der Waals surface area contributed by atoms with Gasteiger partial charge in [0.05, 0.1) is 13.1 Å².